The minimum Gasteiger partial charge on any atom is -0.356 e. The molecule has 0 radical (unpaired) electrons. The fraction of sp³-hybridized carbons (Fsp3) is 0.682. The summed E-state index contributed by atoms with van der Waals surface area (Å²) in [5.74, 6) is -0.938. The first-order valence-corrected chi connectivity index (χ1v) is 12.7. The second kappa shape index (κ2) is 9.95. The molecule has 1 amide bonds. The van der Waals surface area contributed by atoms with E-state index in [2.05, 4.69) is 17.4 Å². The summed E-state index contributed by atoms with van der Waals surface area (Å²) in [5.41, 5.74) is 1.25. The van der Waals surface area contributed by atoms with Crippen LogP contribution in [0.2, 0.25) is 0 Å². The van der Waals surface area contributed by atoms with Gasteiger partial charge in [0.25, 0.3) is 10.2 Å². The number of hydrogen-bond donors (Lipinski definition) is 1. The van der Waals surface area contributed by atoms with E-state index in [9.17, 15) is 13.2 Å². The number of aryl methyl sites for hydroxylation is 1. The van der Waals surface area contributed by atoms with Crippen molar-refractivity contribution in [1.29, 1.82) is 0 Å². The van der Waals surface area contributed by atoms with Crippen molar-refractivity contribution in [1.82, 2.24) is 13.9 Å². The largest absolute Gasteiger partial charge is 0.356 e. The van der Waals surface area contributed by atoms with E-state index < -0.39 is 16.0 Å². The fourth-order valence-electron chi connectivity index (χ4n) is 4.67. The number of rotatable bonds is 7. The molecule has 9 heteroatoms. The molecule has 0 unspecified atom stereocenters. The van der Waals surface area contributed by atoms with Crippen molar-refractivity contribution in [2.45, 2.75) is 44.3 Å². The zero-order valence-electron chi connectivity index (χ0n) is 18.0. The van der Waals surface area contributed by atoms with Crippen LogP contribution >= 0.6 is 0 Å². The summed E-state index contributed by atoms with van der Waals surface area (Å²) in [6.07, 6.45) is 4.30. The molecule has 3 saturated heterocycles. The van der Waals surface area contributed by atoms with Crippen LogP contribution in [0.15, 0.2) is 30.3 Å². The molecule has 3 heterocycles. The fourth-order valence-corrected chi connectivity index (χ4v) is 6.36. The topological polar surface area (TPSA) is 88.2 Å². The van der Waals surface area contributed by atoms with Crippen LogP contribution < -0.4 is 5.32 Å². The minimum atomic E-state index is -3.58. The van der Waals surface area contributed by atoms with Gasteiger partial charge in [0.2, 0.25) is 5.91 Å². The highest BCUT2D eigenvalue weighted by atomic mass is 32.2. The van der Waals surface area contributed by atoms with Gasteiger partial charge in [0.15, 0.2) is 5.79 Å². The van der Waals surface area contributed by atoms with E-state index in [4.69, 9.17) is 9.47 Å². The maximum absolute atomic E-state index is 13.2. The molecular weight excluding hydrogens is 418 g/mol. The van der Waals surface area contributed by atoms with Gasteiger partial charge in [0, 0.05) is 45.6 Å². The van der Waals surface area contributed by atoms with Crippen LogP contribution in [0.25, 0.3) is 0 Å². The molecule has 0 saturated carbocycles. The number of nitrogens with zero attached hydrogens (tertiary/aromatic N) is 2. The zero-order valence-corrected chi connectivity index (χ0v) is 18.8. The average Bonchev–Trinajstić information content (AvgIpc) is 3.25. The quantitative estimate of drug-likeness (QED) is 0.636. The molecule has 8 nitrogen and oxygen atoms in total. The molecule has 1 N–H and O–H groups in total. The molecule has 172 valence electrons. The molecule has 1 atom stereocenters. The lowest BCUT2D eigenvalue weighted by atomic mass is 9.99. The molecule has 3 fully saturated rings. The smallest absolute Gasteiger partial charge is 0.282 e. The summed E-state index contributed by atoms with van der Waals surface area (Å²) in [6, 6.07) is 10.2. The van der Waals surface area contributed by atoms with Gasteiger partial charge in [-0.25, -0.2) is 0 Å². The number of amides is 1. The first kappa shape index (κ1) is 22.7. The molecular formula is C22H33N3O5S. The lowest BCUT2D eigenvalue weighted by Crippen LogP contribution is -2.54. The molecule has 0 aliphatic carbocycles. The number of carbonyl (C=O) groups excluding carboxylic acids is 1. The van der Waals surface area contributed by atoms with Crippen molar-refractivity contribution in [3.05, 3.63) is 35.9 Å². The third-order valence-corrected chi connectivity index (χ3v) is 8.49. The molecule has 4 rings (SSSR count). The number of ether oxygens (including phenoxy) is 2. The standard InChI is InChI=1S/C22H33N3O5S/c26-21(23-12-4-8-19-6-2-1-3-7-19)20-9-5-13-25(18-20)31(27,28)24-14-10-22(11-15-24)29-16-17-30-22/h1-3,6-7,20H,4-5,8-18H2,(H,23,26)/t20-/m0/s1. The molecule has 0 aromatic heterocycles. The summed E-state index contributed by atoms with van der Waals surface area (Å²) in [4.78, 5) is 12.6. The van der Waals surface area contributed by atoms with Crippen molar-refractivity contribution in [3.63, 3.8) is 0 Å². The van der Waals surface area contributed by atoms with E-state index in [-0.39, 0.29) is 18.4 Å². The van der Waals surface area contributed by atoms with Crippen molar-refractivity contribution in [2.75, 3.05) is 45.9 Å². The molecule has 1 aromatic rings. The van der Waals surface area contributed by atoms with E-state index in [0.717, 1.165) is 19.3 Å². The normalized spacial score (nSPS) is 25.0. The maximum Gasteiger partial charge on any atom is 0.282 e. The van der Waals surface area contributed by atoms with Crippen LogP contribution in [0, 0.1) is 5.92 Å². The van der Waals surface area contributed by atoms with Crippen molar-refractivity contribution in [2.24, 2.45) is 5.92 Å². The Labute approximate surface area is 185 Å². The summed E-state index contributed by atoms with van der Waals surface area (Å²) in [5, 5.41) is 3.00. The Morgan fingerprint density at radius 2 is 1.77 bits per heavy atom. The lowest BCUT2D eigenvalue weighted by molar-refractivity contribution is -0.179. The Balaban J connectivity index is 1.25. The SMILES string of the molecule is O=C(NCCCc1ccccc1)[C@H]1CCCN(S(=O)(=O)N2CCC3(CC2)OCCO3)C1. The highest BCUT2D eigenvalue weighted by Gasteiger charge is 2.44. The molecule has 3 aliphatic heterocycles. The van der Waals surface area contributed by atoms with Gasteiger partial charge in [-0.2, -0.15) is 17.0 Å². The number of piperidine rings is 2. The number of hydrogen-bond acceptors (Lipinski definition) is 5. The number of benzene rings is 1. The van der Waals surface area contributed by atoms with Gasteiger partial charge in [-0.05, 0) is 31.2 Å². The Kier molecular flexibility index (Phi) is 7.28. The van der Waals surface area contributed by atoms with Crippen molar-refractivity contribution >= 4 is 16.1 Å². The Morgan fingerprint density at radius 1 is 1.06 bits per heavy atom. The molecule has 1 aromatic carbocycles. The predicted molar refractivity (Wildman–Crippen MR) is 116 cm³/mol. The van der Waals surface area contributed by atoms with Crippen LogP contribution in [-0.4, -0.2) is 74.7 Å². The van der Waals surface area contributed by atoms with E-state index in [1.807, 2.05) is 18.2 Å². The van der Waals surface area contributed by atoms with Crippen molar-refractivity contribution < 1.29 is 22.7 Å². The third-order valence-electron chi connectivity index (χ3n) is 6.49. The van der Waals surface area contributed by atoms with Gasteiger partial charge in [0.05, 0.1) is 19.1 Å². The van der Waals surface area contributed by atoms with Crippen LogP contribution in [0.1, 0.15) is 37.7 Å². The minimum absolute atomic E-state index is 0.0432. The van der Waals surface area contributed by atoms with Gasteiger partial charge >= 0.3 is 0 Å². The lowest BCUT2D eigenvalue weighted by Gasteiger charge is -2.40. The van der Waals surface area contributed by atoms with Crippen LogP contribution in [0.5, 0.6) is 0 Å². The highest BCUT2D eigenvalue weighted by molar-refractivity contribution is 7.86. The average molecular weight is 452 g/mol. The zero-order chi connectivity index (χ0) is 21.7. The van der Waals surface area contributed by atoms with Gasteiger partial charge < -0.3 is 14.8 Å². The molecule has 1 spiro atoms. The first-order valence-electron chi connectivity index (χ1n) is 11.3. The van der Waals surface area contributed by atoms with Gasteiger partial charge in [-0.3, -0.25) is 4.79 Å². The molecule has 3 aliphatic rings. The van der Waals surface area contributed by atoms with Crippen LogP contribution in [0.4, 0.5) is 0 Å². The van der Waals surface area contributed by atoms with Crippen LogP contribution in [-0.2, 0) is 30.9 Å². The van der Waals surface area contributed by atoms with Gasteiger partial charge in [-0.15, -0.1) is 0 Å². The molecule has 0 bridgehead atoms. The number of carbonyl (C=O) groups is 1. The van der Waals surface area contributed by atoms with Crippen molar-refractivity contribution in [3.8, 4) is 0 Å². The molecule has 31 heavy (non-hydrogen) atoms. The second-order valence-corrected chi connectivity index (χ2v) is 10.5. The Hall–Kier alpha value is -1.52. The Bertz CT molecular complexity index is 832. The van der Waals surface area contributed by atoms with Crippen LogP contribution in [0.3, 0.4) is 0 Å². The first-order chi connectivity index (χ1) is 15.0. The maximum atomic E-state index is 13.2. The highest BCUT2D eigenvalue weighted by Crippen LogP contribution is 2.33. The van der Waals surface area contributed by atoms with Gasteiger partial charge in [0.1, 0.15) is 0 Å². The third kappa shape index (κ3) is 5.46. The van der Waals surface area contributed by atoms with E-state index >= 15 is 0 Å². The van der Waals surface area contributed by atoms with E-state index in [1.165, 1.54) is 14.2 Å². The second-order valence-electron chi connectivity index (χ2n) is 8.59. The summed E-state index contributed by atoms with van der Waals surface area (Å²) >= 11 is 0. The summed E-state index contributed by atoms with van der Waals surface area (Å²) < 4.78 is 40.7. The summed E-state index contributed by atoms with van der Waals surface area (Å²) in [7, 11) is -3.58. The monoisotopic (exact) mass is 451 g/mol. The summed E-state index contributed by atoms with van der Waals surface area (Å²) in [6.45, 7) is 3.23. The van der Waals surface area contributed by atoms with E-state index in [1.54, 1.807) is 0 Å². The van der Waals surface area contributed by atoms with Gasteiger partial charge in [-0.1, -0.05) is 30.3 Å². The van der Waals surface area contributed by atoms with E-state index in [0.29, 0.717) is 58.7 Å². The number of nitrogens with one attached hydrogen (secondary N) is 1. The predicted octanol–water partition coefficient (Wildman–Crippen LogP) is 1.53. The Morgan fingerprint density at radius 3 is 2.48 bits per heavy atom.